The summed E-state index contributed by atoms with van der Waals surface area (Å²) in [6.45, 7) is 3.43. The Morgan fingerprint density at radius 2 is 2.07 bits per heavy atom. The van der Waals surface area contributed by atoms with Crippen molar-refractivity contribution in [2.75, 3.05) is 13.7 Å². The van der Waals surface area contributed by atoms with E-state index >= 15 is 0 Å². The summed E-state index contributed by atoms with van der Waals surface area (Å²) in [5, 5.41) is 13.9. The van der Waals surface area contributed by atoms with Gasteiger partial charge in [0.2, 0.25) is 0 Å². The Labute approximate surface area is 160 Å². The minimum atomic E-state index is -1.18. The van der Waals surface area contributed by atoms with Gasteiger partial charge in [0.1, 0.15) is 11.3 Å². The standard InChI is InChI=1S/C18H20N2O8/c1-4-26-16-9-14(20(23)24)13(8-15(16)25-3)18(22)28-11(2)17(21)19-10-12-6-5-7-27-12/h5-9,11H,4,10H2,1-3H3,(H,19,21). The highest BCUT2D eigenvalue weighted by Crippen LogP contribution is 2.35. The summed E-state index contributed by atoms with van der Waals surface area (Å²) in [6, 6.07) is 5.58. The number of carbonyl (C=O) groups excluding carboxylic acids is 2. The summed E-state index contributed by atoms with van der Waals surface area (Å²) >= 11 is 0. The van der Waals surface area contributed by atoms with Gasteiger partial charge < -0.3 is 23.9 Å². The summed E-state index contributed by atoms with van der Waals surface area (Å²) in [7, 11) is 1.34. The largest absolute Gasteiger partial charge is 0.493 e. The number of methoxy groups -OCH3 is 1. The van der Waals surface area contributed by atoms with E-state index in [0.717, 1.165) is 12.1 Å². The normalized spacial score (nSPS) is 11.4. The zero-order chi connectivity index (χ0) is 20.7. The molecule has 10 nitrogen and oxygen atoms in total. The quantitative estimate of drug-likeness (QED) is 0.391. The van der Waals surface area contributed by atoms with Gasteiger partial charge in [0.25, 0.3) is 11.6 Å². The first kappa shape index (κ1) is 20.7. The molecule has 1 aromatic heterocycles. The van der Waals surface area contributed by atoms with Gasteiger partial charge in [-0.2, -0.15) is 0 Å². The number of hydrogen-bond donors (Lipinski definition) is 1. The lowest BCUT2D eigenvalue weighted by atomic mass is 10.1. The molecule has 1 atom stereocenters. The third-order valence-electron chi connectivity index (χ3n) is 3.67. The van der Waals surface area contributed by atoms with Crippen molar-refractivity contribution >= 4 is 17.6 Å². The fourth-order valence-electron chi connectivity index (χ4n) is 2.30. The lowest BCUT2D eigenvalue weighted by Crippen LogP contribution is -2.35. The predicted octanol–water partition coefficient (Wildman–Crippen LogP) is 2.46. The molecular formula is C18H20N2O8. The van der Waals surface area contributed by atoms with Gasteiger partial charge in [-0.25, -0.2) is 4.79 Å². The number of furan rings is 1. The highest BCUT2D eigenvalue weighted by molar-refractivity contribution is 5.96. The molecule has 1 amide bonds. The molecule has 0 saturated heterocycles. The van der Waals surface area contributed by atoms with Crippen LogP contribution in [-0.2, 0) is 16.1 Å². The monoisotopic (exact) mass is 392 g/mol. The Balaban J connectivity index is 2.15. The predicted molar refractivity (Wildman–Crippen MR) is 96.2 cm³/mol. The van der Waals surface area contributed by atoms with Crippen molar-refractivity contribution in [2.45, 2.75) is 26.5 Å². The maximum atomic E-state index is 12.4. The molecule has 150 valence electrons. The first-order valence-electron chi connectivity index (χ1n) is 8.37. The zero-order valence-electron chi connectivity index (χ0n) is 15.6. The fourth-order valence-corrected chi connectivity index (χ4v) is 2.30. The number of benzene rings is 1. The Morgan fingerprint density at radius 3 is 2.64 bits per heavy atom. The minimum Gasteiger partial charge on any atom is -0.493 e. The zero-order valence-corrected chi connectivity index (χ0v) is 15.6. The van der Waals surface area contributed by atoms with E-state index in [1.54, 1.807) is 19.1 Å². The average Bonchev–Trinajstić information content (AvgIpc) is 3.19. The smallest absolute Gasteiger partial charge is 0.346 e. The fraction of sp³-hybridized carbons (Fsp3) is 0.333. The Morgan fingerprint density at radius 1 is 1.32 bits per heavy atom. The molecule has 0 fully saturated rings. The Kier molecular flexibility index (Phi) is 6.96. The maximum absolute atomic E-state index is 12.4. The van der Waals surface area contributed by atoms with E-state index in [1.165, 1.54) is 20.3 Å². The molecular weight excluding hydrogens is 372 g/mol. The number of carbonyl (C=O) groups is 2. The van der Waals surface area contributed by atoms with E-state index in [-0.39, 0.29) is 30.2 Å². The number of nitrogens with zero attached hydrogens (tertiary/aromatic N) is 1. The van der Waals surface area contributed by atoms with Crippen LogP contribution >= 0.6 is 0 Å². The number of hydrogen-bond acceptors (Lipinski definition) is 8. The lowest BCUT2D eigenvalue weighted by molar-refractivity contribution is -0.385. The number of ether oxygens (including phenoxy) is 3. The molecule has 0 aliphatic carbocycles. The van der Waals surface area contributed by atoms with Crippen molar-refractivity contribution in [3.05, 3.63) is 52.0 Å². The van der Waals surface area contributed by atoms with Crippen molar-refractivity contribution in [3.8, 4) is 11.5 Å². The van der Waals surface area contributed by atoms with E-state index in [2.05, 4.69) is 5.32 Å². The van der Waals surface area contributed by atoms with Gasteiger partial charge in [-0.3, -0.25) is 14.9 Å². The molecule has 28 heavy (non-hydrogen) atoms. The summed E-state index contributed by atoms with van der Waals surface area (Å²) < 4.78 is 20.6. The minimum absolute atomic E-state index is 0.116. The first-order valence-corrected chi connectivity index (χ1v) is 8.37. The van der Waals surface area contributed by atoms with Gasteiger partial charge in [-0.1, -0.05) is 0 Å². The van der Waals surface area contributed by atoms with Gasteiger partial charge in [-0.15, -0.1) is 0 Å². The van der Waals surface area contributed by atoms with Gasteiger partial charge in [-0.05, 0) is 26.0 Å². The van der Waals surface area contributed by atoms with E-state index in [9.17, 15) is 19.7 Å². The molecule has 1 heterocycles. The van der Waals surface area contributed by atoms with Crippen LogP contribution in [0.2, 0.25) is 0 Å². The molecule has 1 unspecified atom stereocenters. The van der Waals surface area contributed by atoms with Crippen molar-refractivity contribution in [2.24, 2.45) is 0 Å². The van der Waals surface area contributed by atoms with Gasteiger partial charge in [0, 0.05) is 6.07 Å². The average molecular weight is 392 g/mol. The van der Waals surface area contributed by atoms with Crippen LogP contribution in [0.3, 0.4) is 0 Å². The summed E-state index contributed by atoms with van der Waals surface area (Å²) in [5.74, 6) is -0.829. The van der Waals surface area contributed by atoms with E-state index in [4.69, 9.17) is 18.6 Å². The van der Waals surface area contributed by atoms with Crippen LogP contribution < -0.4 is 14.8 Å². The van der Waals surface area contributed by atoms with Gasteiger partial charge in [0.15, 0.2) is 17.6 Å². The maximum Gasteiger partial charge on any atom is 0.346 e. The topological polar surface area (TPSA) is 130 Å². The van der Waals surface area contributed by atoms with E-state index in [0.29, 0.717) is 5.76 Å². The van der Waals surface area contributed by atoms with Crippen LogP contribution in [0.4, 0.5) is 5.69 Å². The second-order valence-corrected chi connectivity index (χ2v) is 5.56. The molecule has 2 rings (SSSR count). The van der Waals surface area contributed by atoms with Gasteiger partial charge >= 0.3 is 5.97 Å². The molecule has 0 spiro atoms. The van der Waals surface area contributed by atoms with Crippen LogP contribution in [0.25, 0.3) is 0 Å². The number of esters is 1. The molecule has 10 heteroatoms. The SMILES string of the molecule is CCOc1cc([N+](=O)[O-])c(C(=O)OC(C)C(=O)NCc2ccco2)cc1OC. The van der Waals surface area contributed by atoms with Crippen molar-refractivity contribution in [1.29, 1.82) is 0 Å². The second kappa shape index (κ2) is 9.40. The van der Waals surface area contributed by atoms with Crippen LogP contribution in [0.5, 0.6) is 11.5 Å². The third-order valence-corrected chi connectivity index (χ3v) is 3.67. The van der Waals surface area contributed by atoms with Crippen molar-refractivity contribution < 1.29 is 33.1 Å². The van der Waals surface area contributed by atoms with E-state index in [1.807, 2.05) is 0 Å². The highest BCUT2D eigenvalue weighted by Gasteiger charge is 2.28. The molecule has 0 radical (unpaired) electrons. The highest BCUT2D eigenvalue weighted by atomic mass is 16.6. The molecule has 0 bridgehead atoms. The van der Waals surface area contributed by atoms with Crippen LogP contribution in [0, 0.1) is 10.1 Å². The Hall–Kier alpha value is -3.56. The molecule has 0 aliphatic heterocycles. The van der Waals surface area contributed by atoms with Crippen LogP contribution in [-0.4, -0.2) is 36.6 Å². The molecule has 1 N–H and O–H groups in total. The summed E-state index contributed by atoms with van der Waals surface area (Å²) in [4.78, 5) is 35.1. The number of amides is 1. The van der Waals surface area contributed by atoms with Crippen LogP contribution in [0.1, 0.15) is 30.0 Å². The van der Waals surface area contributed by atoms with Crippen molar-refractivity contribution in [3.63, 3.8) is 0 Å². The molecule has 2 aromatic rings. The molecule has 0 saturated carbocycles. The third kappa shape index (κ3) is 5.00. The summed E-state index contributed by atoms with van der Waals surface area (Å²) in [6.07, 6.45) is 0.281. The second-order valence-electron chi connectivity index (χ2n) is 5.56. The van der Waals surface area contributed by atoms with E-state index < -0.39 is 28.6 Å². The number of nitro groups is 1. The molecule has 1 aromatic carbocycles. The summed E-state index contributed by atoms with van der Waals surface area (Å²) in [5.41, 5.74) is -0.867. The Bertz CT molecular complexity index is 848. The van der Waals surface area contributed by atoms with Crippen LogP contribution in [0.15, 0.2) is 34.9 Å². The lowest BCUT2D eigenvalue weighted by Gasteiger charge is -2.14. The number of rotatable bonds is 9. The van der Waals surface area contributed by atoms with Gasteiger partial charge in [0.05, 0.1) is 37.5 Å². The first-order chi connectivity index (χ1) is 13.4. The number of nitrogens with one attached hydrogen (secondary N) is 1. The molecule has 0 aliphatic rings. The van der Waals surface area contributed by atoms with Crippen molar-refractivity contribution in [1.82, 2.24) is 5.32 Å². The number of nitro benzene ring substituents is 1.